The van der Waals surface area contributed by atoms with Crippen molar-refractivity contribution >= 4 is 52.4 Å². The maximum absolute atomic E-state index is 13.0. The molecule has 0 radical (unpaired) electrons. The monoisotopic (exact) mass is 590 g/mol. The van der Waals surface area contributed by atoms with Crippen molar-refractivity contribution in [2.75, 3.05) is 39.2 Å². The van der Waals surface area contributed by atoms with Crippen LogP contribution in [0.2, 0.25) is 5.02 Å². The first-order chi connectivity index (χ1) is 19.3. The Balaban J connectivity index is 1.77. The molecule has 3 aromatic rings. The van der Waals surface area contributed by atoms with Gasteiger partial charge in [-0.15, -0.1) is 9.32 Å². The first-order valence-electron chi connectivity index (χ1n) is 11.5. The standard InChI is InChI=1S/C26H27ClN4O8S/c1-15(32)25(26(33)28-18-12-20(34-2)17(27)11-21(18)35-3)30-29-19-13-23(37-5)24(14-22(19)36-4)40-39-38-31-16-9-7-6-8-10-16/h6-14,25,31H,1-5H3,(H,28,33). The zero-order valence-electron chi connectivity index (χ0n) is 22.2. The number of rotatable bonds is 14. The number of anilines is 2. The van der Waals surface area contributed by atoms with E-state index in [-0.39, 0.29) is 27.9 Å². The Morgan fingerprint density at radius 3 is 2.17 bits per heavy atom. The smallest absolute Gasteiger partial charge is 0.258 e. The van der Waals surface area contributed by atoms with Gasteiger partial charge in [0.15, 0.2) is 5.78 Å². The van der Waals surface area contributed by atoms with E-state index in [9.17, 15) is 9.59 Å². The number of carbonyl (C=O) groups is 2. The molecular weight excluding hydrogens is 564 g/mol. The summed E-state index contributed by atoms with van der Waals surface area (Å²) in [6.07, 6.45) is 0. The largest absolute Gasteiger partial charge is 0.495 e. The highest BCUT2D eigenvalue weighted by Crippen LogP contribution is 2.41. The Kier molecular flexibility index (Phi) is 11.4. The summed E-state index contributed by atoms with van der Waals surface area (Å²) in [5.41, 5.74) is 3.78. The minimum atomic E-state index is -1.48. The van der Waals surface area contributed by atoms with E-state index in [1.165, 1.54) is 53.6 Å². The first-order valence-corrected chi connectivity index (χ1v) is 12.6. The van der Waals surface area contributed by atoms with Gasteiger partial charge in [-0.25, -0.2) is 5.48 Å². The normalized spacial score (nSPS) is 11.6. The molecule has 0 saturated heterocycles. The molecule has 0 fully saturated rings. The number of halogens is 1. The van der Waals surface area contributed by atoms with Crippen molar-refractivity contribution in [2.24, 2.45) is 10.2 Å². The van der Waals surface area contributed by atoms with Crippen LogP contribution >= 0.6 is 23.6 Å². The van der Waals surface area contributed by atoms with Crippen LogP contribution in [0.25, 0.3) is 0 Å². The van der Waals surface area contributed by atoms with Crippen molar-refractivity contribution < 1.29 is 37.9 Å². The second-order valence-corrected chi connectivity index (χ2v) is 8.93. The summed E-state index contributed by atoms with van der Waals surface area (Å²) in [6, 6.07) is 13.7. The van der Waals surface area contributed by atoms with Gasteiger partial charge in [-0.3, -0.25) is 9.59 Å². The summed E-state index contributed by atoms with van der Waals surface area (Å²) in [6.45, 7) is 1.22. The van der Waals surface area contributed by atoms with E-state index in [1.54, 1.807) is 18.2 Å². The zero-order chi connectivity index (χ0) is 29.1. The SMILES string of the molecule is COc1cc(NC(=O)C(N=Nc2cc(OC)c(SOONc3ccccc3)cc2OC)C(C)=O)c(OC)cc1Cl. The van der Waals surface area contributed by atoms with Crippen molar-refractivity contribution in [1.82, 2.24) is 0 Å². The molecule has 0 heterocycles. The van der Waals surface area contributed by atoms with Crippen LogP contribution in [0, 0.1) is 0 Å². The molecular formula is C26H27ClN4O8S. The summed E-state index contributed by atoms with van der Waals surface area (Å²) in [5.74, 6) is -0.0885. The summed E-state index contributed by atoms with van der Waals surface area (Å²) in [5, 5.41) is 11.0. The minimum absolute atomic E-state index is 0.205. The molecule has 3 aromatic carbocycles. The minimum Gasteiger partial charge on any atom is -0.495 e. The van der Waals surface area contributed by atoms with Crippen molar-refractivity contribution in [3.05, 3.63) is 59.6 Å². The number of carbonyl (C=O) groups excluding carboxylic acids is 2. The fourth-order valence-corrected chi connectivity index (χ4v) is 3.97. The van der Waals surface area contributed by atoms with Crippen LogP contribution in [0.15, 0.2) is 69.7 Å². The number of amides is 1. The number of Topliss-reactive ketones (excluding diaryl/α,β-unsaturated/α-hetero) is 1. The summed E-state index contributed by atoms with van der Waals surface area (Å²) < 4.78 is 26.5. The van der Waals surface area contributed by atoms with Crippen LogP contribution in [0.4, 0.5) is 17.1 Å². The van der Waals surface area contributed by atoms with Gasteiger partial charge in [0.25, 0.3) is 5.91 Å². The number of para-hydroxylation sites is 1. The zero-order valence-corrected chi connectivity index (χ0v) is 23.8. The number of benzene rings is 3. The van der Waals surface area contributed by atoms with E-state index in [2.05, 4.69) is 21.0 Å². The third-order valence-electron chi connectivity index (χ3n) is 5.20. The molecule has 0 aromatic heterocycles. The van der Waals surface area contributed by atoms with Gasteiger partial charge in [0.2, 0.25) is 6.04 Å². The number of azo groups is 1. The van der Waals surface area contributed by atoms with Crippen molar-refractivity contribution in [3.63, 3.8) is 0 Å². The van der Waals surface area contributed by atoms with Gasteiger partial charge < -0.3 is 24.3 Å². The molecule has 0 aliphatic heterocycles. The Bertz CT molecular complexity index is 1360. The number of ether oxygens (including phenoxy) is 4. The first kappa shape index (κ1) is 30.5. The maximum Gasteiger partial charge on any atom is 0.258 e. The third kappa shape index (κ3) is 7.99. The second-order valence-electron chi connectivity index (χ2n) is 7.78. The third-order valence-corrected chi connectivity index (χ3v) is 6.13. The molecule has 1 atom stereocenters. The highest BCUT2D eigenvalue weighted by molar-refractivity contribution is 7.94. The van der Waals surface area contributed by atoms with Crippen molar-refractivity contribution in [1.29, 1.82) is 0 Å². The molecule has 0 bridgehead atoms. The van der Waals surface area contributed by atoms with Gasteiger partial charge in [-0.1, -0.05) is 29.8 Å². The summed E-state index contributed by atoms with van der Waals surface area (Å²) in [4.78, 5) is 30.8. The highest BCUT2D eigenvalue weighted by atomic mass is 35.5. The van der Waals surface area contributed by atoms with E-state index in [1.807, 2.05) is 18.2 Å². The van der Waals surface area contributed by atoms with E-state index in [4.69, 9.17) is 39.9 Å². The van der Waals surface area contributed by atoms with E-state index < -0.39 is 17.7 Å². The molecule has 212 valence electrons. The predicted octanol–water partition coefficient (Wildman–Crippen LogP) is 6.04. The average Bonchev–Trinajstić information content (AvgIpc) is 2.96. The molecule has 0 aliphatic rings. The van der Waals surface area contributed by atoms with E-state index in [0.29, 0.717) is 22.1 Å². The Morgan fingerprint density at radius 1 is 0.875 bits per heavy atom. The Hall–Kier alpha value is -4.04. The van der Waals surface area contributed by atoms with Crippen molar-refractivity contribution in [3.8, 4) is 23.0 Å². The predicted molar refractivity (Wildman–Crippen MR) is 150 cm³/mol. The van der Waals surface area contributed by atoms with Gasteiger partial charge >= 0.3 is 0 Å². The van der Waals surface area contributed by atoms with Gasteiger partial charge in [-0.2, -0.15) is 10.2 Å². The molecule has 12 nitrogen and oxygen atoms in total. The molecule has 14 heteroatoms. The second kappa shape index (κ2) is 14.9. The lowest BCUT2D eigenvalue weighted by Crippen LogP contribution is -2.32. The number of hydrogen-bond donors (Lipinski definition) is 2. The van der Waals surface area contributed by atoms with Crippen LogP contribution in [0.5, 0.6) is 23.0 Å². The van der Waals surface area contributed by atoms with Gasteiger partial charge in [0.05, 0.1) is 61.8 Å². The maximum atomic E-state index is 13.0. The lowest BCUT2D eigenvalue weighted by Gasteiger charge is -2.15. The summed E-state index contributed by atoms with van der Waals surface area (Å²) in [7, 11) is 5.72. The molecule has 0 saturated carbocycles. The lowest BCUT2D eigenvalue weighted by molar-refractivity contribution is -0.161. The van der Waals surface area contributed by atoms with Crippen LogP contribution in [-0.2, 0) is 18.9 Å². The topological polar surface area (TPSA) is 138 Å². The Labute approximate surface area is 240 Å². The number of nitrogens with zero attached hydrogens (tertiary/aromatic N) is 2. The van der Waals surface area contributed by atoms with Crippen LogP contribution in [-0.4, -0.2) is 46.2 Å². The molecule has 1 unspecified atom stereocenters. The average molecular weight is 591 g/mol. The quantitative estimate of drug-likeness (QED) is 0.0570. The Morgan fingerprint density at radius 2 is 1.55 bits per heavy atom. The lowest BCUT2D eigenvalue weighted by atomic mass is 10.2. The van der Waals surface area contributed by atoms with Gasteiger partial charge in [-0.05, 0) is 19.1 Å². The fourth-order valence-electron chi connectivity index (χ4n) is 3.22. The molecule has 2 N–H and O–H groups in total. The molecule has 0 aliphatic carbocycles. The van der Waals surface area contributed by atoms with Crippen LogP contribution in [0.3, 0.4) is 0 Å². The fraction of sp³-hybridized carbons (Fsp3) is 0.231. The molecule has 1 amide bonds. The van der Waals surface area contributed by atoms with Crippen LogP contribution in [0.1, 0.15) is 6.92 Å². The van der Waals surface area contributed by atoms with Crippen LogP contribution < -0.4 is 29.7 Å². The van der Waals surface area contributed by atoms with Crippen molar-refractivity contribution in [2.45, 2.75) is 17.9 Å². The summed E-state index contributed by atoms with van der Waals surface area (Å²) >= 11 is 6.99. The number of methoxy groups -OCH3 is 4. The van der Waals surface area contributed by atoms with Gasteiger partial charge in [0, 0.05) is 24.3 Å². The number of ketones is 1. The van der Waals surface area contributed by atoms with E-state index >= 15 is 0 Å². The number of nitrogens with one attached hydrogen (secondary N) is 2. The molecule has 0 spiro atoms. The van der Waals surface area contributed by atoms with Gasteiger partial charge in [0.1, 0.15) is 28.7 Å². The highest BCUT2D eigenvalue weighted by Gasteiger charge is 2.25. The molecule has 3 rings (SSSR count). The van der Waals surface area contributed by atoms with E-state index in [0.717, 1.165) is 12.0 Å². The number of hydrogen-bond acceptors (Lipinski definition) is 12. The molecule has 40 heavy (non-hydrogen) atoms.